The van der Waals surface area contributed by atoms with Gasteiger partial charge in [0.25, 0.3) is 0 Å². The highest BCUT2D eigenvalue weighted by Crippen LogP contribution is 1.95. The van der Waals surface area contributed by atoms with Gasteiger partial charge in [-0.2, -0.15) is 0 Å². The van der Waals surface area contributed by atoms with Crippen molar-refractivity contribution in [1.82, 2.24) is 15.1 Å². The van der Waals surface area contributed by atoms with Gasteiger partial charge in [-0.1, -0.05) is 6.92 Å². The smallest absolute Gasteiger partial charge is 0.239 e. The summed E-state index contributed by atoms with van der Waals surface area (Å²) in [5, 5.41) is 11.7. The number of aliphatic hydroxyl groups excluding tert-OH is 1. The molecule has 0 aliphatic heterocycles. The van der Waals surface area contributed by atoms with Crippen molar-refractivity contribution in [2.24, 2.45) is 0 Å². The van der Waals surface area contributed by atoms with E-state index in [1.165, 1.54) is 4.90 Å². The quantitative estimate of drug-likeness (QED) is 0.603. The number of hydrogen-bond donors (Lipinski definition) is 2. The molecule has 0 spiro atoms. The van der Waals surface area contributed by atoms with Crippen LogP contribution in [-0.2, 0) is 9.59 Å². The van der Waals surface area contributed by atoms with Crippen LogP contribution in [0.5, 0.6) is 0 Å². The third-order valence-corrected chi connectivity index (χ3v) is 2.74. The highest BCUT2D eigenvalue weighted by atomic mass is 16.3. The molecule has 0 atom stereocenters. The number of rotatable bonds is 9. The minimum absolute atomic E-state index is 0.0288. The Morgan fingerprint density at radius 2 is 1.79 bits per heavy atom. The summed E-state index contributed by atoms with van der Waals surface area (Å²) >= 11 is 0. The summed E-state index contributed by atoms with van der Waals surface area (Å²) in [5.74, 6) is -0.230. The van der Waals surface area contributed by atoms with Crippen LogP contribution in [0.15, 0.2) is 0 Å². The second-order valence-corrected chi connectivity index (χ2v) is 4.72. The zero-order valence-electron chi connectivity index (χ0n) is 12.5. The van der Waals surface area contributed by atoms with Crippen LogP contribution in [0.4, 0.5) is 0 Å². The van der Waals surface area contributed by atoms with Crippen molar-refractivity contribution in [3.63, 3.8) is 0 Å². The zero-order valence-corrected chi connectivity index (χ0v) is 12.5. The molecule has 6 nitrogen and oxygen atoms in total. The number of nitrogens with zero attached hydrogens (tertiary/aromatic N) is 2. The van der Waals surface area contributed by atoms with E-state index in [0.717, 1.165) is 0 Å². The number of amides is 2. The Balaban J connectivity index is 4.34. The van der Waals surface area contributed by atoms with Crippen molar-refractivity contribution in [2.45, 2.75) is 33.7 Å². The number of nitrogens with one attached hydrogen (secondary N) is 1. The number of carbonyl (C=O) groups is 2. The molecule has 0 fully saturated rings. The average molecular weight is 273 g/mol. The van der Waals surface area contributed by atoms with E-state index < -0.39 is 0 Å². The SMILES string of the molecule is CCN(CCO)CC(=O)N(CC)CC(=O)NC(C)C. The first-order valence-corrected chi connectivity index (χ1v) is 6.84. The van der Waals surface area contributed by atoms with Crippen LogP contribution in [0.3, 0.4) is 0 Å². The van der Waals surface area contributed by atoms with Crippen LogP contribution in [0, 0.1) is 0 Å². The molecule has 19 heavy (non-hydrogen) atoms. The average Bonchev–Trinajstić information content (AvgIpc) is 2.34. The van der Waals surface area contributed by atoms with Gasteiger partial charge in [0.15, 0.2) is 0 Å². The van der Waals surface area contributed by atoms with Crippen molar-refractivity contribution in [2.75, 3.05) is 39.3 Å². The van der Waals surface area contributed by atoms with Crippen LogP contribution < -0.4 is 5.32 Å². The van der Waals surface area contributed by atoms with Gasteiger partial charge in [0.2, 0.25) is 11.8 Å². The molecule has 0 unspecified atom stereocenters. The van der Waals surface area contributed by atoms with E-state index in [0.29, 0.717) is 19.6 Å². The van der Waals surface area contributed by atoms with Crippen LogP contribution in [0.2, 0.25) is 0 Å². The summed E-state index contributed by atoms with van der Waals surface area (Å²) in [6.45, 7) is 9.58. The van der Waals surface area contributed by atoms with Gasteiger partial charge >= 0.3 is 0 Å². The number of likely N-dealkylation sites (N-methyl/N-ethyl adjacent to an activating group) is 2. The maximum Gasteiger partial charge on any atom is 0.239 e. The Morgan fingerprint density at radius 1 is 1.16 bits per heavy atom. The molecule has 0 aromatic rings. The number of aliphatic hydroxyl groups is 1. The minimum Gasteiger partial charge on any atom is -0.395 e. The first-order valence-electron chi connectivity index (χ1n) is 6.84. The van der Waals surface area contributed by atoms with Gasteiger partial charge < -0.3 is 15.3 Å². The third kappa shape index (κ3) is 7.79. The van der Waals surface area contributed by atoms with Crippen LogP contribution >= 0.6 is 0 Å². The lowest BCUT2D eigenvalue weighted by Crippen LogP contribution is -2.46. The number of carbonyl (C=O) groups excluding carboxylic acids is 2. The summed E-state index contributed by atoms with van der Waals surface area (Å²) in [5.41, 5.74) is 0. The van der Waals surface area contributed by atoms with Crippen molar-refractivity contribution in [1.29, 1.82) is 0 Å². The van der Waals surface area contributed by atoms with Crippen molar-refractivity contribution >= 4 is 11.8 Å². The highest BCUT2D eigenvalue weighted by molar-refractivity contribution is 5.85. The summed E-state index contributed by atoms with van der Waals surface area (Å²) in [4.78, 5) is 27.1. The van der Waals surface area contributed by atoms with E-state index in [1.54, 1.807) is 0 Å². The topological polar surface area (TPSA) is 72.9 Å². The molecule has 0 saturated carbocycles. The lowest BCUT2D eigenvalue weighted by atomic mass is 10.3. The fraction of sp³-hybridized carbons (Fsp3) is 0.846. The fourth-order valence-electron chi connectivity index (χ4n) is 1.70. The standard InChI is InChI=1S/C13H27N3O3/c1-5-15(7-8-17)10-13(19)16(6-2)9-12(18)14-11(3)4/h11,17H,5-10H2,1-4H3,(H,14,18). The highest BCUT2D eigenvalue weighted by Gasteiger charge is 2.18. The van der Waals surface area contributed by atoms with E-state index >= 15 is 0 Å². The Bertz CT molecular complexity index is 282. The molecule has 2 amide bonds. The Hall–Kier alpha value is -1.14. The monoisotopic (exact) mass is 273 g/mol. The maximum absolute atomic E-state index is 12.1. The summed E-state index contributed by atoms with van der Waals surface area (Å²) < 4.78 is 0. The molecule has 0 rings (SSSR count). The molecule has 0 heterocycles. The second-order valence-electron chi connectivity index (χ2n) is 4.72. The molecule has 0 aromatic heterocycles. The van der Waals surface area contributed by atoms with E-state index in [4.69, 9.17) is 5.11 Å². The second kappa shape index (κ2) is 9.75. The van der Waals surface area contributed by atoms with Crippen LogP contribution in [0.25, 0.3) is 0 Å². The molecule has 0 saturated heterocycles. The Labute approximate surface area is 115 Å². The molecule has 0 aromatic carbocycles. The van der Waals surface area contributed by atoms with Crippen LogP contribution in [0.1, 0.15) is 27.7 Å². The summed E-state index contributed by atoms with van der Waals surface area (Å²) in [7, 11) is 0. The molecule has 112 valence electrons. The first-order chi connectivity index (χ1) is 8.94. The van der Waals surface area contributed by atoms with E-state index in [9.17, 15) is 9.59 Å². The molecule has 0 radical (unpaired) electrons. The molecule has 0 aliphatic rings. The van der Waals surface area contributed by atoms with E-state index in [-0.39, 0.29) is 37.6 Å². The molecule has 2 N–H and O–H groups in total. The lowest BCUT2D eigenvalue weighted by Gasteiger charge is -2.25. The summed E-state index contributed by atoms with van der Waals surface area (Å²) in [6.07, 6.45) is 0. The zero-order chi connectivity index (χ0) is 14.8. The normalized spacial score (nSPS) is 10.9. The van der Waals surface area contributed by atoms with Crippen molar-refractivity contribution in [3.8, 4) is 0 Å². The number of hydrogen-bond acceptors (Lipinski definition) is 4. The first kappa shape index (κ1) is 17.9. The molecule has 0 bridgehead atoms. The van der Waals surface area contributed by atoms with Gasteiger partial charge in [0.1, 0.15) is 0 Å². The van der Waals surface area contributed by atoms with E-state index in [2.05, 4.69) is 5.32 Å². The van der Waals surface area contributed by atoms with Gasteiger partial charge in [-0.05, 0) is 27.3 Å². The molecular formula is C13H27N3O3. The largest absolute Gasteiger partial charge is 0.395 e. The van der Waals surface area contributed by atoms with Gasteiger partial charge in [-0.15, -0.1) is 0 Å². The summed E-state index contributed by atoms with van der Waals surface area (Å²) in [6, 6.07) is 0.0721. The maximum atomic E-state index is 12.1. The van der Waals surface area contributed by atoms with Crippen molar-refractivity contribution < 1.29 is 14.7 Å². The molecular weight excluding hydrogens is 246 g/mol. The molecule has 6 heteroatoms. The van der Waals surface area contributed by atoms with Gasteiger partial charge in [0.05, 0.1) is 19.7 Å². The van der Waals surface area contributed by atoms with Gasteiger partial charge in [-0.3, -0.25) is 14.5 Å². The van der Waals surface area contributed by atoms with Gasteiger partial charge in [-0.25, -0.2) is 0 Å². The third-order valence-electron chi connectivity index (χ3n) is 2.74. The Morgan fingerprint density at radius 3 is 2.21 bits per heavy atom. The van der Waals surface area contributed by atoms with Crippen molar-refractivity contribution in [3.05, 3.63) is 0 Å². The Kier molecular flexibility index (Phi) is 9.16. The molecule has 0 aliphatic carbocycles. The predicted octanol–water partition coefficient (Wildman–Crippen LogP) is -0.326. The minimum atomic E-state index is -0.143. The lowest BCUT2D eigenvalue weighted by molar-refractivity contribution is -0.137. The predicted molar refractivity (Wildman–Crippen MR) is 74.7 cm³/mol. The fourth-order valence-corrected chi connectivity index (χ4v) is 1.70. The van der Waals surface area contributed by atoms with E-state index in [1.807, 2.05) is 32.6 Å². The van der Waals surface area contributed by atoms with Gasteiger partial charge in [0, 0.05) is 19.1 Å². The van der Waals surface area contributed by atoms with Crippen LogP contribution in [-0.4, -0.2) is 72.1 Å².